The number of carbonyl (C=O) groups excluding carboxylic acids is 2. The number of rotatable bonds is 4. The third-order valence-electron chi connectivity index (χ3n) is 4.90. The maximum absolute atomic E-state index is 12.6. The van der Waals surface area contributed by atoms with E-state index in [2.05, 4.69) is 0 Å². The zero-order valence-electron chi connectivity index (χ0n) is 15.2. The largest absolute Gasteiger partial charge is 0.371 e. The van der Waals surface area contributed by atoms with E-state index in [1.807, 2.05) is 36.1 Å². The van der Waals surface area contributed by atoms with Crippen LogP contribution in [0.15, 0.2) is 24.3 Å². The van der Waals surface area contributed by atoms with E-state index in [4.69, 9.17) is 9.47 Å². The maximum atomic E-state index is 12.6. The minimum Gasteiger partial charge on any atom is -0.371 e. The fourth-order valence-corrected chi connectivity index (χ4v) is 3.42. The van der Waals surface area contributed by atoms with Gasteiger partial charge in [-0.2, -0.15) is 0 Å². The molecule has 2 fully saturated rings. The Morgan fingerprint density at radius 1 is 1.36 bits per heavy atom. The summed E-state index contributed by atoms with van der Waals surface area (Å²) >= 11 is 0. The number of aryl methyl sites for hydroxylation is 1. The van der Waals surface area contributed by atoms with Crippen LogP contribution in [0.3, 0.4) is 0 Å². The smallest absolute Gasteiger partial charge is 0.254 e. The second kappa shape index (κ2) is 7.14. The number of hydrogen-bond acceptors (Lipinski definition) is 4. The molecule has 0 N–H and O–H groups in total. The fourth-order valence-electron chi connectivity index (χ4n) is 3.42. The molecule has 25 heavy (non-hydrogen) atoms. The van der Waals surface area contributed by atoms with Gasteiger partial charge in [0.1, 0.15) is 12.2 Å². The number of nitrogens with zero attached hydrogens (tertiary/aromatic N) is 2. The van der Waals surface area contributed by atoms with E-state index in [-0.39, 0.29) is 30.1 Å². The van der Waals surface area contributed by atoms with Gasteiger partial charge in [-0.15, -0.1) is 0 Å². The summed E-state index contributed by atoms with van der Waals surface area (Å²) in [4.78, 5) is 27.6. The molecule has 2 aliphatic heterocycles. The van der Waals surface area contributed by atoms with Crippen LogP contribution in [0.1, 0.15) is 28.8 Å². The maximum Gasteiger partial charge on any atom is 0.254 e. The van der Waals surface area contributed by atoms with Crippen molar-refractivity contribution >= 4 is 11.8 Å². The molecule has 1 aromatic carbocycles. The van der Waals surface area contributed by atoms with Crippen LogP contribution in [0.4, 0.5) is 0 Å². The second-order valence-electron chi connectivity index (χ2n) is 7.28. The van der Waals surface area contributed by atoms with Crippen molar-refractivity contribution in [2.75, 3.05) is 40.4 Å². The summed E-state index contributed by atoms with van der Waals surface area (Å²) in [6.07, 6.45) is 1.52. The first-order valence-electron chi connectivity index (χ1n) is 8.70. The summed E-state index contributed by atoms with van der Waals surface area (Å²) in [6, 6.07) is 7.64. The lowest BCUT2D eigenvalue weighted by atomic mass is 9.84. The molecule has 1 atom stereocenters. The third-order valence-corrected chi connectivity index (χ3v) is 4.90. The molecule has 1 aromatic rings. The molecule has 2 amide bonds. The van der Waals surface area contributed by atoms with Crippen molar-refractivity contribution in [1.29, 1.82) is 0 Å². The zero-order chi connectivity index (χ0) is 18.0. The molecule has 0 saturated carbocycles. The topological polar surface area (TPSA) is 59.1 Å². The van der Waals surface area contributed by atoms with Gasteiger partial charge in [-0.3, -0.25) is 9.59 Å². The van der Waals surface area contributed by atoms with Crippen LogP contribution in [-0.2, 0) is 14.3 Å². The van der Waals surface area contributed by atoms with Crippen LogP contribution >= 0.6 is 0 Å². The summed E-state index contributed by atoms with van der Waals surface area (Å²) < 4.78 is 11.7. The lowest BCUT2D eigenvalue weighted by molar-refractivity contribution is -0.188. The monoisotopic (exact) mass is 346 g/mol. The van der Waals surface area contributed by atoms with E-state index in [1.165, 1.54) is 4.90 Å². The van der Waals surface area contributed by atoms with Crippen LogP contribution in [0.5, 0.6) is 0 Å². The van der Waals surface area contributed by atoms with Gasteiger partial charge < -0.3 is 19.3 Å². The lowest BCUT2D eigenvalue weighted by Crippen LogP contribution is -2.67. The Morgan fingerprint density at radius 2 is 2.12 bits per heavy atom. The molecule has 2 aliphatic rings. The first-order valence-corrected chi connectivity index (χ1v) is 8.70. The summed E-state index contributed by atoms with van der Waals surface area (Å²) in [5, 5.41) is 0. The number of amides is 2. The summed E-state index contributed by atoms with van der Waals surface area (Å²) in [7, 11) is 3.44. The molecule has 6 heteroatoms. The quantitative estimate of drug-likeness (QED) is 0.828. The highest BCUT2D eigenvalue weighted by Crippen LogP contribution is 2.36. The predicted octanol–water partition coefficient (Wildman–Crippen LogP) is 1.47. The molecule has 0 unspecified atom stereocenters. The first-order chi connectivity index (χ1) is 11.9. The van der Waals surface area contributed by atoms with Crippen LogP contribution in [-0.4, -0.2) is 73.7 Å². The van der Waals surface area contributed by atoms with Crippen molar-refractivity contribution in [2.45, 2.75) is 31.5 Å². The van der Waals surface area contributed by atoms with Gasteiger partial charge in [-0.05, 0) is 25.5 Å². The molecule has 136 valence electrons. The number of benzene rings is 1. The van der Waals surface area contributed by atoms with Gasteiger partial charge in [0.2, 0.25) is 5.91 Å². The van der Waals surface area contributed by atoms with Crippen LogP contribution in [0, 0.1) is 6.92 Å². The number of ether oxygens (including phenoxy) is 2. The molecule has 0 radical (unpaired) electrons. The highest BCUT2D eigenvalue weighted by molar-refractivity contribution is 5.95. The number of likely N-dealkylation sites (N-methyl/N-ethyl adjacent to an activating group) is 1. The molecule has 0 aromatic heterocycles. The standard InChI is InChI=1S/C19H26N2O4/c1-14-5-4-6-15(9-14)18(23)21-12-19(13-21)10-16(7-8-25-19)24-11-17(22)20(2)3/h4-6,9,16H,7-8,10-13H2,1-3H3/t16-/m1/s1. The average molecular weight is 346 g/mol. The van der Waals surface area contributed by atoms with Gasteiger partial charge in [0.15, 0.2) is 0 Å². The Labute approximate surface area is 148 Å². The highest BCUT2D eigenvalue weighted by Gasteiger charge is 2.49. The van der Waals surface area contributed by atoms with Crippen LogP contribution in [0.2, 0.25) is 0 Å². The Kier molecular flexibility index (Phi) is 5.11. The Hall–Kier alpha value is -1.92. The molecular weight excluding hydrogens is 320 g/mol. The van der Waals surface area contributed by atoms with Gasteiger partial charge in [-0.1, -0.05) is 17.7 Å². The molecule has 1 spiro atoms. The number of carbonyl (C=O) groups is 2. The average Bonchev–Trinajstić information content (AvgIpc) is 2.57. The molecule has 2 heterocycles. The van der Waals surface area contributed by atoms with Crippen molar-refractivity contribution in [1.82, 2.24) is 9.80 Å². The molecule has 2 saturated heterocycles. The SMILES string of the molecule is Cc1cccc(C(=O)N2CC3(C[C@H](OCC(=O)N(C)C)CCO3)C2)c1. The summed E-state index contributed by atoms with van der Waals surface area (Å²) in [5.74, 6) is 0.00848. The van der Waals surface area contributed by atoms with E-state index in [1.54, 1.807) is 14.1 Å². The lowest BCUT2D eigenvalue weighted by Gasteiger charge is -2.53. The minimum absolute atomic E-state index is 0.00821. The third kappa shape index (κ3) is 4.02. The van der Waals surface area contributed by atoms with E-state index >= 15 is 0 Å². The Morgan fingerprint density at radius 3 is 2.80 bits per heavy atom. The van der Waals surface area contributed by atoms with Gasteiger partial charge in [0.25, 0.3) is 5.91 Å². The van der Waals surface area contributed by atoms with Crippen LogP contribution in [0.25, 0.3) is 0 Å². The van der Waals surface area contributed by atoms with E-state index in [9.17, 15) is 9.59 Å². The van der Waals surface area contributed by atoms with E-state index < -0.39 is 0 Å². The van der Waals surface area contributed by atoms with Crippen molar-refractivity contribution < 1.29 is 19.1 Å². The first kappa shape index (κ1) is 17.9. The number of likely N-dealkylation sites (tertiary alicyclic amines) is 1. The van der Waals surface area contributed by atoms with Crippen molar-refractivity contribution in [2.24, 2.45) is 0 Å². The summed E-state index contributed by atoms with van der Waals surface area (Å²) in [5.41, 5.74) is 1.48. The van der Waals surface area contributed by atoms with Gasteiger partial charge in [-0.25, -0.2) is 0 Å². The fraction of sp³-hybridized carbons (Fsp3) is 0.579. The Balaban J connectivity index is 1.53. The molecule has 0 aliphatic carbocycles. The zero-order valence-corrected chi connectivity index (χ0v) is 15.2. The highest BCUT2D eigenvalue weighted by atomic mass is 16.5. The Bertz CT molecular complexity index is 653. The van der Waals surface area contributed by atoms with Gasteiger partial charge in [0, 0.05) is 32.7 Å². The van der Waals surface area contributed by atoms with Crippen LogP contribution < -0.4 is 0 Å². The number of hydrogen-bond donors (Lipinski definition) is 0. The molecule has 0 bridgehead atoms. The molecule has 3 rings (SSSR count). The van der Waals surface area contributed by atoms with E-state index in [0.717, 1.165) is 24.0 Å². The summed E-state index contributed by atoms with van der Waals surface area (Å²) in [6.45, 7) is 3.85. The van der Waals surface area contributed by atoms with Crippen molar-refractivity contribution in [3.05, 3.63) is 35.4 Å². The van der Waals surface area contributed by atoms with Crippen molar-refractivity contribution in [3.8, 4) is 0 Å². The van der Waals surface area contributed by atoms with Gasteiger partial charge in [0.05, 0.1) is 19.2 Å². The minimum atomic E-state index is -0.316. The predicted molar refractivity (Wildman–Crippen MR) is 93.4 cm³/mol. The van der Waals surface area contributed by atoms with Gasteiger partial charge >= 0.3 is 0 Å². The molecule has 6 nitrogen and oxygen atoms in total. The normalized spacial score (nSPS) is 21.7. The molecular formula is C19H26N2O4. The second-order valence-corrected chi connectivity index (χ2v) is 7.28. The van der Waals surface area contributed by atoms with E-state index in [0.29, 0.717) is 19.7 Å². The van der Waals surface area contributed by atoms with Crippen molar-refractivity contribution in [3.63, 3.8) is 0 Å².